The second-order valence-corrected chi connectivity index (χ2v) is 29.5. The van der Waals surface area contributed by atoms with Crippen molar-refractivity contribution >= 4 is 39.5 Å². The van der Waals surface area contributed by atoms with Crippen molar-refractivity contribution in [3.05, 3.63) is 85.1 Å². The van der Waals surface area contributed by atoms with Crippen LogP contribution in [0.25, 0.3) is 0 Å². The molecule has 0 amide bonds. The molecule has 0 saturated carbocycles. The number of carbonyl (C=O) groups excluding carboxylic acids is 4. The number of phosphoric acid groups is 2. The van der Waals surface area contributed by atoms with Crippen molar-refractivity contribution < 1.29 is 80.2 Å². The zero-order valence-corrected chi connectivity index (χ0v) is 65.2. The lowest BCUT2D eigenvalue weighted by molar-refractivity contribution is -0.161. The van der Waals surface area contributed by atoms with Gasteiger partial charge in [0.05, 0.1) is 26.4 Å². The van der Waals surface area contributed by atoms with Gasteiger partial charge < -0.3 is 33.8 Å². The molecular formula is C81H144O17P2. The monoisotopic (exact) mass is 1450 g/mol. The molecule has 0 rings (SSSR count). The third-order valence-electron chi connectivity index (χ3n) is 16.9. The topological polar surface area (TPSA) is 237 Å². The van der Waals surface area contributed by atoms with E-state index >= 15 is 0 Å². The maximum atomic E-state index is 13.1. The van der Waals surface area contributed by atoms with Crippen LogP contribution in [0.1, 0.15) is 349 Å². The van der Waals surface area contributed by atoms with Gasteiger partial charge in [0, 0.05) is 25.7 Å². The highest BCUT2D eigenvalue weighted by molar-refractivity contribution is 7.47. The first-order chi connectivity index (χ1) is 48.7. The summed E-state index contributed by atoms with van der Waals surface area (Å²) < 4.78 is 68.6. The van der Waals surface area contributed by atoms with Gasteiger partial charge in [-0.3, -0.25) is 37.3 Å². The molecule has 5 atom stereocenters. The Balaban J connectivity index is 5.35. The number of ether oxygens (including phenoxy) is 4. The molecule has 0 fully saturated rings. The Labute approximate surface area is 608 Å². The fraction of sp³-hybridized carbons (Fsp3) is 0.778. The molecule has 0 aliphatic heterocycles. The lowest BCUT2D eigenvalue weighted by Gasteiger charge is -2.21. The van der Waals surface area contributed by atoms with Crippen LogP contribution in [-0.4, -0.2) is 96.7 Å². The van der Waals surface area contributed by atoms with Gasteiger partial charge in [-0.2, -0.15) is 0 Å². The number of allylic oxidation sites excluding steroid dienone is 14. The third kappa shape index (κ3) is 72.6. The molecule has 580 valence electrons. The van der Waals surface area contributed by atoms with Crippen LogP contribution in [0.3, 0.4) is 0 Å². The van der Waals surface area contributed by atoms with Crippen molar-refractivity contribution in [3.8, 4) is 0 Å². The van der Waals surface area contributed by atoms with E-state index in [1.165, 1.54) is 122 Å². The smallest absolute Gasteiger partial charge is 0.462 e. The summed E-state index contributed by atoms with van der Waals surface area (Å²) in [7, 11) is -9.95. The van der Waals surface area contributed by atoms with Crippen molar-refractivity contribution in [1.82, 2.24) is 0 Å². The highest BCUT2D eigenvalue weighted by Crippen LogP contribution is 2.45. The predicted octanol–water partition coefficient (Wildman–Crippen LogP) is 23.0. The first-order valence-corrected chi connectivity index (χ1v) is 42.8. The summed E-state index contributed by atoms with van der Waals surface area (Å²) in [4.78, 5) is 73.0. The summed E-state index contributed by atoms with van der Waals surface area (Å²) in [5.41, 5.74) is 0. The van der Waals surface area contributed by atoms with Crippen molar-refractivity contribution in [2.24, 2.45) is 0 Å². The van der Waals surface area contributed by atoms with Crippen LogP contribution in [-0.2, 0) is 65.4 Å². The SMILES string of the molecule is CC/C=C\C/C=C\C/C=C\C/C=C\CCCCCCC(=O)OCC(COP(=O)(O)OCC(O)COP(=O)(O)OCC(COC(=O)CCCCCCCCCCCCCCCCC)OC(=O)CCCCCCCCCCCCCCC)OC(=O)CCCCCCC/C=C\C/C=C\C/C=C\CC. The Morgan fingerprint density at radius 1 is 0.290 bits per heavy atom. The van der Waals surface area contributed by atoms with Gasteiger partial charge in [0.1, 0.15) is 19.3 Å². The van der Waals surface area contributed by atoms with E-state index in [4.69, 9.17) is 37.0 Å². The highest BCUT2D eigenvalue weighted by atomic mass is 31.2. The molecule has 3 N–H and O–H groups in total. The standard InChI is InChI=1S/C81H144O17P2/c1-5-9-13-17-21-25-29-33-36-37-40-43-46-50-54-58-62-66-79(84)92-72-77(98-81(86)68-64-60-56-52-48-44-39-35-31-27-23-19-15-11-7-3)74-96-100(89,90)94-70-75(82)69-93-99(87,88)95-73-76(97-80(85)67-63-59-55-51-47-41-32-28-24-20-16-12-8-4)71-91-78(83)65-61-57-53-49-45-42-38-34-30-26-22-18-14-10-6-2/h9,11,13,15,21,23,25,27,33,35-36,39-40,43,75-77,82H,5-8,10,12,14,16-20,22,24,26,28-32,34,37-38,41-42,44-74H2,1-4H3,(H,87,88)(H,89,90)/b13-9-,15-11-,25-21-,27-23-,36-33-,39-35-,43-40-. The summed E-state index contributed by atoms with van der Waals surface area (Å²) in [6, 6.07) is 0. The summed E-state index contributed by atoms with van der Waals surface area (Å²) >= 11 is 0. The molecule has 17 nitrogen and oxygen atoms in total. The normalized spacial score (nSPS) is 14.3. The molecule has 0 aromatic heterocycles. The van der Waals surface area contributed by atoms with E-state index in [-0.39, 0.29) is 25.7 Å². The van der Waals surface area contributed by atoms with E-state index < -0.39 is 97.5 Å². The molecule has 5 unspecified atom stereocenters. The van der Waals surface area contributed by atoms with Crippen LogP contribution in [0.15, 0.2) is 85.1 Å². The van der Waals surface area contributed by atoms with Crippen LogP contribution in [0.5, 0.6) is 0 Å². The van der Waals surface area contributed by atoms with Gasteiger partial charge in [-0.15, -0.1) is 0 Å². The van der Waals surface area contributed by atoms with Crippen molar-refractivity contribution in [2.45, 2.75) is 367 Å². The van der Waals surface area contributed by atoms with Crippen LogP contribution in [0.2, 0.25) is 0 Å². The first-order valence-electron chi connectivity index (χ1n) is 39.8. The van der Waals surface area contributed by atoms with E-state index in [9.17, 15) is 43.2 Å². The summed E-state index contributed by atoms with van der Waals surface area (Å²) in [5, 5.41) is 10.6. The molecule has 0 aromatic carbocycles. The molecule has 0 aliphatic rings. The number of rotatable bonds is 75. The Morgan fingerprint density at radius 2 is 0.520 bits per heavy atom. The van der Waals surface area contributed by atoms with Crippen molar-refractivity contribution in [3.63, 3.8) is 0 Å². The lowest BCUT2D eigenvalue weighted by atomic mass is 10.0. The van der Waals surface area contributed by atoms with Gasteiger partial charge in [0.2, 0.25) is 0 Å². The molecule has 0 aromatic rings. The Hall–Kier alpha value is -3.76. The van der Waals surface area contributed by atoms with Gasteiger partial charge in [0.25, 0.3) is 0 Å². The van der Waals surface area contributed by atoms with E-state index in [2.05, 4.69) is 113 Å². The van der Waals surface area contributed by atoms with Gasteiger partial charge >= 0.3 is 39.5 Å². The van der Waals surface area contributed by atoms with E-state index in [0.29, 0.717) is 25.7 Å². The van der Waals surface area contributed by atoms with Gasteiger partial charge in [-0.1, -0.05) is 312 Å². The minimum absolute atomic E-state index is 0.0708. The summed E-state index contributed by atoms with van der Waals surface area (Å²) in [6.07, 6.45) is 75.6. The molecule has 19 heteroatoms. The number of carbonyl (C=O) groups is 4. The Kier molecular flexibility index (Phi) is 70.8. The van der Waals surface area contributed by atoms with Crippen molar-refractivity contribution in [1.29, 1.82) is 0 Å². The first kappa shape index (κ1) is 96.2. The molecule has 0 aliphatic carbocycles. The van der Waals surface area contributed by atoms with Crippen LogP contribution < -0.4 is 0 Å². The number of aliphatic hydroxyl groups excluding tert-OH is 1. The number of aliphatic hydroxyl groups is 1. The summed E-state index contributed by atoms with van der Waals surface area (Å²) in [6.45, 7) is 4.66. The molecule has 0 bridgehead atoms. The zero-order valence-electron chi connectivity index (χ0n) is 63.4. The Morgan fingerprint density at radius 3 is 0.800 bits per heavy atom. The van der Waals surface area contributed by atoms with Gasteiger partial charge in [0.15, 0.2) is 12.2 Å². The Bertz CT molecular complexity index is 2230. The zero-order chi connectivity index (χ0) is 73.2. The molecule has 0 saturated heterocycles. The largest absolute Gasteiger partial charge is 0.472 e. The van der Waals surface area contributed by atoms with Crippen molar-refractivity contribution in [2.75, 3.05) is 39.6 Å². The minimum atomic E-state index is -4.98. The molecule has 0 spiro atoms. The number of phosphoric ester groups is 2. The fourth-order valence-electron chi connectivity index (χ4n) is 10.9. The van der Waals surface area contributed by atoms with E-state index in [1.54, 1.807) is 0 Å². The maximum absolute atomic E-state index is 13.1. The van der Waals surface area contributed by atoms with Crippen LogP contribution in [0.4, 0.5) is 0 Å². The average Bonchev–Trinajstić information content (AvgIpc) is 1.06. The lowest BCUT2D eigenvalue weighted by Crippen LogP contribution is -2.30. The van der Waals surface area contributed by atoms with Crippen LogP contribution >= 0.6 is 15.6 Å². The number of esters is 4. The fourth-order valence-corrected chi connectivity index (χ4v) is 12.5. The van der Waals surface area contributed by atoms with Crippen LogP contribution in [0, 0.1) is 0 Å². The number of hydrogen-bond acceptors (Lipinski definition) is 15. The minimum Gasteiger partial charge on any atom is -0.462 e. The summed E-state index contributed by atoms with van der Waals surface area (Å²) in [5.74, 6) is -2.19. The quantitative estimate of drug-likeness (QED) is 0.0169. The van der Waals surface area contributed by atoms with E-state index in [0.717, 1.165) is 148 Å². The molecule has 100 heavy (non-hydrogen) atoms. The number of unbranched alkanes of at least 4 members (excludes halogenated alkanes) is 35. The number of hydrogen-bond donors (Lipinski definition) is 3. The average molecular weight is 1450 g/mol. The highest BCUT2D eigenvalue weighted by Gasteiger charge is 2.30. The van der Waals surface area contributed by atoms with E-state index in [1.807, 2.05) is 0 Å². The third-order valence-corrected chi connectivity index (χ3v) is 18.8. The van der Waals surface area contributed by atoms with Gasteiger partial charge in [-0.25, -0.2) is 9.13 Å². The molecule has 0 radical (unpaired) electrons. The van der Waals surface area contributed by atoms with Gasteiger partial charge in [-0.05, 0) is 96.3 Å². The predicted molar refractivity (Wildman–Crippen MR) is 409 cm³/mol. The maximum Gasteiger partial charge on any atom is 0.472 e. The molecule has 0 heterocycles. The molecular weight excluding hydrogens is 1310 g/mol. The second kappa shape index (κ2) is 73.5. The second-order valence-electron chi connectivity index (χ2n) is 26.6.